The number of rotatable bonds is 7. The van der Waals surface area contributed by atoms with Crippen molar-refractivity contribution < 1.29 is 18.9 Å². The minimum atomic E-state index is -0.666. The van der Waals surface area contributed by atoms with Gasteiger partial charge >= 0.3 is 11.7 Å². The Balaban J connectivity index is 1.65. The van der Waals surface area contributed by atoms with Crippen molar-refractivity contribution in [3.63, 3.8) is 0 Å². The highest BCUT2D eigenvalue weighted by Gasteiger charge is 2.24. The van der Waals surface area contributed by atoms with Gasteiger partial charge in [-0.1, -0.05) is 23.7 Å². The van der Waals surface area contributed by atoms with E-state index in [1.165, 1.54) is 17.7 Å². The minimum absolute atomic E-state index is 0.0166. The molecule has 0 saturated carbocycles. The lowest BCUT2D eigenvalue weighted by molar-refractivity contribution is -0.389. The van der Waals surface area contributed by atoms with Gasteiger partial charge in [0.05, 0.1) is 16.5 Å². The van der Waals surface area contributed by atoms with Crippen LogP contribution in [0.5, 0.6) is 0 Å². The number of amides is 2. The molecule has 11 nitrogen and oxygen atoms in total. The molecule has 2 N–H and O–H groups in total. The second kappa shape index (κ2) is 9.43. The van der Waals surface area contributed by atoms with E-state index in [-0.39, 0.29) is 23.2 Å². The summed E-state index contributed by atoms with van der Waals surface area (Å²) < 4.78 is 6.84. The summed E-state index contributed by atoms with van der Waals surface area (Å²) in [5.41, 5.74) is 4.78. The second-order valence-corrected chi connectivity index (χ2v) is 7.18. The molecule has 0 aliphatic rings. The Morgan fingerprint density at radius 1 is 1.22 bits per heavy atom. The van der Waals surface area contributed by atoms with E-state index in [0.717, 1.165) is 5.56 Å². The van der Waals surface area contributed by atoms with Crippen LogP contribution >= 0.6 is 11.6 Å². The summed E-state index contributed by atoms with van der Waals surface area (Å²) in [5, 5.41) is 21.5. The maximum Gasteiger partial charge on any atom is 0.408 e. The fraction of sp³-hybridized carbons (Fsp3) is 0.200. The largest absolute Gasteiger partial charge is 0.454 e. The number of hydrazone groups is 1. The van der Waals surface area contributed by atoms with Gasteiger partial charge < -0.3 is 19.8 Å². The number of nitrogens with one attached hydrogen (secondary N) is 2. The predicted octanol–water partition coefficient (Wildman–Crippen LogP) is 3.51. The molecule has 0 fully saturated rings. The highest BCUT2D eigenvalue weighted by molar-refractivity contribution is 6.33. The van der Waals surface area contributed by atoms with Gasteiger partial charge in [0, 0.05) is 12.6 Å². The van der Waals surface area contributed by atoms with Gasteiger partial charge in [-0.25, -0.2) is 5.43 Å². The molecule has 0 unspecified atom stereocenters. The fourth-order valence-corrected chi connectivity index (χ4v) is 2.97. The zero-order chi connectivity index (χ0) is 23.4. The van der Waals surface area contributed by atoms with Crippen LogP contribution in [0.25, 0.3) is 0 Å². The Bertz CT molecular complexity index is 1210. The molecule has 2 heterocycles. The number of carbonyl (C=O) groups excluding carboxylic acids is 2. The Morgan fingerprint density at radius 2 is 1.91 bits per heavy atom. The monoisotopic (exact) mass is 458 g/mol. The summed E-state index contributed by atoms with van der Waals surface area (Å²) in [5.74, 6) is -0.794. The number of halogens is 1. The van der Waals surface area contributed by atoms with Gasteiger partial charge in [0.1, 0.15) is 12.3 Å². The van der Waals surface area contributed by atoms with Crippen LogP contribution in [0.2, 0.25) is 5.02 Å². The van der Waals surface area contributed by atoms with Crippen molar-refractivity contribution in [3.8, 4) is 0 Å². The smallest absolute Gasteiger partial charge is 0.408 e. The van der Waals surface area contributed by atoms with Gasteiger partial charge in [-0.2, -0.15) is 9.78 Å². The third-order valence-electron chi connectivity index (χ3n) is 4.43. The van der Waals surface area contributed by atoms with Gasteiger partial charge in [0.2, 0.25) is 5.91 Å². The number of furan rings is 1. The van der Waals surface area contributed by atoms with Crippen LogP contribution in [0.1, 0.15) is 41.4 Å². The van der Waals surface area contributed by atoms with E-state index in [1.54, 1.807) is 44.2 Å². The van der Waals surface area contributed by atoms with Crippen molar-refractivity contribution in [2.75, 3.05) is 5.32 Å². The number of benzene rings is 1. The third kappa shape index (κ3) is 5.19. The second-order valence-electron chi connectivity index (χ2n) is 6.80. The summed E-state index contributed by atoms with van der Waals surface area (Å²) in [7, 11) is 0. The molecule has 12 heteroatoms. The number of nitrogens with zero attached hydrogens (tertiary/aromatic N) is 4. The fourth-order valence-electron chi connectivity index (χ4n) is 2.76. The molecule has 0 aliphatic heterocycles. The SMILES string of the molecule is CC(=O)Nc1ccc(C(C)=NNC(=O)c2ccc(Cn3nc([N+](=O)[O-])c(Cl)c3C)o2)cc1. The van der Waals surface area contributed by atoms with Crippen molar-refractivity contribution in [1.29, 1.82) is 0 Å². The van der Waals surface area contributed by atoms with Gasteiger partial charge in [-0.3, -0.25) is 9.59 Å². The van der Waals surface area contributed by atoms with Gasteiger partial charge in [0.15, 0.2) is 10.8 Å². The summed E-state index contributed by atoms with van der Waals surface area (Å²) in [6.07, 6.45) is 0. The Hall–Kier alpha value is -3.99. The van der Waals surface area contributed by atoms with Crippen LogP contribution in [0.3, 0.4) is 0 Å². The lowest BCUT2D eigenvalue weighted by Gasteiger charge is -2.05. The molecule has 0 spiro atoms. The summed E-state index contributed by atoms with van der Waals surface area (Å²) in [6.45, 7) is 4.80. The lowest BCUT2D eigenvalue weighted by atomic mass is 10.1. The number of hydrogen-bond acceptors (Lipinski definition) is 7. The zero-order valence-corrected chi connectivity index (χ0v) is 18.1. The number of hydrogen-bond donors (Lipinski definition) is 2. The molecule has 3 aromatic rings. The minimum Gasteiger partial charge on any atom is -0.454 e. The number of anilines is 1. The van der Waals surface area contributed by atoms with Gasteiger partial charge in [-0.05, 0) is 48.6 Å². The molecule has 166 valence electrons. The van der Waals surface area contributed by atoms with Crippen molar-refractivity contribution in [2.24, 2.45) is 5.10 Å². The molecular formula is C20H19ClN6O5. The van der Waals surface area contributed by atoms with Crippen LogP contribution in [-0.4, -0.2) is 32.2 Å². The molecule has 0 saturated heterocycles. The first-order chi connectivity index (χ1) is 15.2. The third-order valence-corrected chi connectivity index (χ3v) is 4.87. The molecule has 0 bridgehead atoms. The first-order valence-electron chi connectivity index (χ1n) is 9.34. The van der Waals surface area contributed by atoms with E-state index in [0.29, 0.717) is 22.9 Å². The normalized spacial score (nSPS) is 11.3. The van der Waals surface area contributed by atoms with E-state index < -0.39 is 16.6 Å². The molecule has 3 rings (SSSR count). The van der Waals surface area contributed by atoms with Crippen LogP contribution in [0, 0.1) is 17.0 Å². The molecule has 1 aromatic carbocycles. The van der Waals surface area contributed by atoms with Crippen LogP contribution in [-0.2, 0) is 11.3 Å². The first kappa shape index (κ1) is 22.7. The summed E-state index contributed by atoms with van der Waals surface area (Å²) in [6, 6.07) is 10.0. The molecule has 0 radical (unpaired) electrons. The summed E-state index contributed by atoms with van der Waals surface area (Å²) in [4.78, 5) is 33.7. The lowest BCUT2D eigenvalue weighted by Crippen LogP contribution is -2.18. The molecule has 2 amide bonds. The maximum absolute atomic E-state index is 12.3. The van der Waals surface area contributed by atoms with Gasteiger partial charge in [0.25, 0.3) is 0 Å². The van der Waals surface area contributed by atoms with Crippen molar-refractivity contribution >= 4 is 40.6 Å². The molecule has 0 aliphatic carbocycles. The van der Waals surface area contributed by atoms with E-state index >= 15 is 0 Å². The Kier molecular flexibility index (Phi) is 6.69. The van der Waals surface area contributed by atoms with Crippen LogP contribution in [0.15, 0.2) is 45.9 Å². The number of aromatic nitrogens is 2. The first-order valence-corrected chi connectivity index (χ1v) is 9.72. The molecule has 0 atom stereocenters. The molecule has 32 heavy (non-hydrogen) atoms. The zero-order valence-electron chi connectivity index (χ0n) is 17.4. The van der Waals surface area contributed by atoms with Crippen molar-refractivity contribution in [3.05, 3.63) is 74.3 Å². The molecular weight excluding hydrogens is 440 g/mol. The van der Waals surface area contributed by atoms with Crippen LogP contribution in [0.4, 0.5) is 11.5 Å². The Morgan fingerprint density at radius 3 is 2.50 bits per heavy atom. The maximum atomic E-state index is 12.3. The Labute approximate surface area is 187 Å². The van der Waals surface area contributed by atoms with E-state index in [9.17, 15) is 19.7 Å². The highest BCUT2D eigenvalue weighted by Crippen LogP contribution is 2.27. The van der Waals surface area contributed by atoms with E-state index in [2.05, 4.69) is 20.9 Å². The quantitative estimate of drug-likeness (QED) is 0.315. The average Bonchev–Trinajstić information content (AvgIpc) is 3.32. The number of nitro groups is 1. The number of carbonyl (C=O) groups is 2. The predicted molar refractivity (Wildman–Crippen MR) is 117 cm³/mol. The standard InChI is InChI=1S/C20H19ClN6O5/c1-11(14-4-6-15(7-5-14)22-13(3)28)23-24-20(29)17-9-8-16(32-17)10-26-12(2)18(21)19(25-26)27(30)31/h4-9H,10H2,1-3H3,(H,22,28)(H,24,29). The topological polar surface area (TPSA) is 145 Å². The average molecular weight is 459 g/mol. The van der Waals surface area contributed by atoms with Crippen molar-refractivity contribution in [2.45, 2.75) is 27.3 Å². The van der Waals surface area contributed by atoms with E-state index in [1.807, 2.05) is 0 Å². The van der Waals surface area contributed by atoms with Gasteiger partial charge in [-0.15, -0.1) is 0 Å². The summed E-state index contributed by atoms with van der Waals surface area (Å²) >= 11 is 5.93. The van der Waals surface area contributed by atoms with Crippen LogP contribution < -0.4 is 10.7 Å². The van der Waals surface area contributed by atoms with E-state index in [4.69, 9.17) is 16.0 Å². The van der Waals surface area contributed by atoms with Crippen molar-refractivity contribution in [1.82, 2.24) is 15.2 Å². The molecule has 2 aromatic heterocycles. The highest BCUT2D eigenvalue weighted by atomic mass is 35.5.